The molecule has 148 valence electrons. The lowest BCUT2D eigenvalue weighted by Gasteiger charge is -2.17. The van der Waals surface area contributed by atoms with Gasteiger partial charge in [-0.1, -0.05) is 29.6 Å². The molecule has 0 spiro atoms. The van der Waals surface area contributed by atoms with E-state index in [9.17, 15) is 4.79 Å². The number of benzene rings is 1. The fourth-order valence-corrected chi connectivity index (χ4v) is 3.51. The van der Waals surface area contributed by atoms with Gasteiger partial charge in [-0.3, -0.25) is 4.79 Å². The van der Waals surface area contributed by atoms with Gasteiger partial charge >= 0.3 is 0 Å². The number of ether oxygens (including phenoxy) is 1. The van der Waals surface area contributed by atoms with Crippen LogP contribution in [0.2, 0.25) is 10.0 Å². The van der Waals surface area contributed by atoms with Gasteiger partial charge < -0.3 is 15.8 Å². The van der Waals surface area contributed by atoms with E-state index < -0.39 is 0 Å². The van der Waals surface area contributed by atoms with Gasteiger partial charge in [-0.25, -0.2) is 4.98 Å². The summed E-state index contributed by atoms with van der Waals surface area (Å²) in [5, 5.41) is 3.72. The maximum absolute atomic E-state index is 12.4. The number of carbonyl (C=O) groups is 1. The third-order valence-corrected chi connectivity index (χ3v) is 4.89. The molecule has 0 unspecified atom stereocenters. The number of carbonyl (C=O) groups excluding carboxylic acids is 1. The Balaban J connectivity index is 0.00000182. The van der Waals surface area contributed by atoms with Crippen molar-refractivity contribution in [1.82, 2.24) is 4.98 Å². The highest BCUT2D eigenvalue weighted by molar-refractivity contribution is 6.35. The molecular formula is C18H21Cl4N3O2. The number of anilines is 1. The number of nitrogens with two attached hydrogens (primary N) is 1. The van der Waals surface area contributed by atoms with Gasteiger partial charge in [-0.05, 0) is 55.6 Å². The number of halogens is 4. The first-order valence-electron chi connectivity index (χ1n) is 8.16. The molecule has 1 aliphatic rings. The van der Waals surface area contributed by atoms with Gasteiger partial charge in [0.25, 0.3) is 0 Å². The minimum atomic E-state index is -0.00185. The summed E-state index contributed by atoms with van der Waals surface area (Å²) in [5.74, 6) is 1.15. The Morgan fingerprint density at radius 2 is 1.93 bits per heavy atom. The summed E-state index contributed by atoms with van der Waals surface area (Å²) >= 11 is 11.9. The van der Waals surface area contributed by atoms with Crippen LogP contribution in [0, 0.1) is 11.8 Å². The van der Waals surface area contributed by atoms with Crippen LogP contribution in [0.3, 0.4) is 0 Å². The van der Waals surface area contributed by atoms with E-state index in [1.54, 1.807) is 30.3 Å². The van der Waals surface area contributed by atoms with Crippen molar-refractivity contribution < 1.29 is 9.53 Å². The Kier molecular flexibility index (Phi) is 9.63. The van der Waals surface area contributed by atoms with E-state index in [1.807, 2.05) is 0 Å². The minimum absolute atomic E-state index is 0. The second-order valence-corrected chi connectivity index (χ2v) is 6.93. The van der Waals surface area contributed by atoms with Gasteiger partial charge in [0, 0.05) is 17.8 Å². The summed E-state index contributed by atoms with van der Waals surface area (Å²) < 4.78 is 5.63. The molecule has 3 rings (SSSR count). The van der Waals surface area contributed by atoms with E-state index in [4.69, 9.17) is 33.7 Å². The molecule has 1 amide bonds. The molecule has 0 saturated heterocycles. The minimum Gasteiger partial charge on any atom is -0.438 e. The predicted octanol–water partition coefficient (Wildman–Crippen LogP) is 5.34. The first-order chi connectivity index (χ1) is 12.1. The van der Waals surface area contributed by atoms with Crippen LogP contribution in [0.5, 0.6) is 11.6 Å². The highest BCUT2D eigenvalue weighted by Gasteiger charge is 2.31. The topological polar surface area (TPSA) is 77.2 Å². The normalized spacial score (nSPS) is 18.2. The molecule has 9 heteroatoms. The number of amides is 1. The van der Waals surface area contributed by atoms with E-state index in [0.29, 0.717) is 22.3 Å². The smallest absolute Gasteiger partial charge is 0.238 e. The summed E-state index contributed by atoms with van der Waals surface area (Å²) in [4.78, 5) is 16.4. The van der Waals surface area contributed by atoms with Gasteiger partial charge in [-0.2, -0.15) is 0 Å². The van der Waals surface area contributed by atoms with E-state index in [0.717, 1.165) is 24.9 Å². The lowest BCUT2D eigenvalue weighted by molar-refractivity contribution is -0.120. The van der Waals surface area contributed by atoms with Crippen molar-refractivity contribution in [3.8, 4) is 11.6 Å². The van der Waals surface area contributed by atoms with Crippen molar-refractivity contribution in [3.63, 3.8) is 0 Å². The number of rotatable bonds is 5. The van der Waals surface area contributed by atoms with Crippen molar-refractivity contribution in [2.24, 2.45) is 17.6 Å². The second kappa shape index (κ2) is 10.9. The highest BCUT2D eigenvalue weighted by Crippen LogP contribution is 2.32. The first-order valence-corrected chi connectivity index (χ1v) is 8.92. The third kappa shape index (κ3) is 6.13. The predicted molar refractivity (Wildman–Crippen MR) is 114 cm³/mol. The molecule has 0 radical (unpaired) electrons. The molecule has 27 heavy (non-hydrogen) atoms. The Morgan fingerprint density at radius 1 is 1.22 bits per heavy atom. The van der Waals surface area contributed by atoms with Crippen LogP contribution in [-0.2, 0) is 4.79 Å². The Hall–Kier alpha value is -1.24. The monoisotopic (exact) mass is 451 g/mol. The van der Waals surface area contributed by atoms with Crippen LogP contribution in [0.25, 0.3) is 0 Å². The van der Waals surface area contributed by atoms with Crippen LogP contribution < -0.4 is 15.8 Å². The molecule has 5 nitrogen and oxygen atoms in total. The Morgan fingerprint density at radius 3 is 2.56 bits per heavy atom. The SMILES string of the molecule is Cl.Cl.NC[C@H]1CCC[C@H]1C(=O)Nc1ccc(Oc2ncc(Cl)cc2Cl)cc1. The zero-order valence-corrected chi connectivity index (χ0v) is 17.5. The average molecular weight is 453 g/mol. The maximum Gasteiger partial charge on any atom is 0.238 e. The molecule has 0 aliphatic heterocycles. The summed E-state index contributed by atoms with van der Waals surface area (Å²) in [6, 6.07) is 8.62. The highest BCUT2D eigenvalue weighted by atomic mass is 35.5. The van der Waals surface area contributed by atoms with Gasteiger partial charge in [0.1, 0.15) is 10.8 Å². The van der Waals surface area contributed by atoms with Crippen LogP contribution in [-0.4, -0.2) is 17.4 Å². The Labute approximate surface area is 180 Å². The summed E-state index contributed by atoms with van der Waals surface area (Å²) in [6.07, 6.45) is 4.44. The third-order valence-electron chi connectivity index (χ3n) is 4.41. The summed E-state index contributed by atoms with van der Waals surface area (Å²) in [6.45, 7) is 0.555. The number of pyridine rings is 1. The molecule has 1 heterocycles. The van der Waals surface area contributed by atoms with Crippen molar-refractivity contribution in [2.75, 3.05) is 11.9 Å². The van der Waals surface area contributed by atoms with Gasteiger partial charge in [-0.15, -0.1) is 24.8 Å². The lowest BCUT2D eigenvalue weighted by atomic mass is 9.95. The van der Waals surface area contributed by atoms with Gasteiger partial charge in [0.15, 0.2) is 0 Å². The van der Waals surface area contributed by atoms with Gasteiger partial charge in [0.2, 0.25) is 11.8 Å². The van der Waals surface area contributed by atoms with Crippen LogP contribution in [0.4, 0.5) is 5.69 Å². The largest absolute Gasteiger partial charge is 0.438 e. The van der Waals surface area contributed by atoms with E-state index >= 15 is 0 Å². The zero-order valence-electron chi connectivity index (χ0n) is 14.4. The number of hydrogen-bond donors (Lipinski definition) is 2. The Bertz CT molecular complexity index is 759. The fourth-order valence-electron chi connectivity index (χ4n) is 3.09. The second-order valence-electron chi connectivity index (χ2n) is 6.09. The number of aromatic nitrogens is 1. The number of nitrogens with one attached hydrogen (secondary N) is 1. The molecule has 0 bridgehead atoms. The van der Waals surface area contributed by atoms with Crippen LogP contribution >= 0.6 is 48.0 Å². The molecule has 1 fully saturated rings. The van der Waals surface area contributed by atoms with Crippen LogP contribution in [0.1, 0.15) is 19.3 Å². The van der Waals surface area contributed by atoms with Crippen molar-refractivity contribution in [2.45, 2.75) is 19.3 Å². The molecule has 1 saturated carbocycles. The van der Waals surface area contributed by atoms with Crippen molar-refractivity contribution in [3.05, 3.63) is 46.6 Å². The first kappa shape index (κ1) is 23.8. The summed E-state index contributed by atoms with van der Waals surface area (Å²) in [5.41, 5.74) is 6.47. The van der Waals surface area contributed by atoms with E-state index in [1.165, 1.54) is 6.20 Å². The molecule has 2 atom stereocenters. The van der Waals surface area contributed by atoms with Gasteiger partial charge in [0.05, 0.1) is 5.02 Å². The molecule has 3 N–H and O–H groups in total. The zero-order chi connectivity index (χ0) is 17.8. The van der Waals surface area contributed by atoms with Crippen molar-refractivity contribution in [1.29, 1.82) is 0 Å². The number of nitrogens with zero attached hydrogens (tertiary/aromatic N) is 1. The molecule has 2 aromatic rings. The molecule has 1 aromatic heterocycles. The van der Waals surface area contributed by atoms with Crippen LogP contribution in [0.15, 0.2) is 36.5 Å². The summed E-state index contributed by atoms with van der Waals surface area (Å²) in [7, 11) is 0. The van der Waals surface area contributed by atoms with E-state index in [2.05, 4.69) is 10.3 Å². The standard InChI is InChI=1S/C18H19Cl2N3O2.2ClH/c19-12-8-16(20)18(22-10-12)25-14-6-4-13(5-7-14)23-17(24)15-3-1-2-11(15)9-21;;/h4-8,10-11,15H,1-3,9,21H2,(H,23,24);2*1H/t11-,15-;;/m1../s1. The number of hydrogen-bond acceptors (Lipinski definition) is 4. The fraction of sp³-hybridized carbons (Fsp3) is 0.333. The quantitative estimate of drug-likeness (QED) is 0.641. The maximum atomic E-state index is 12.4. The molecule has 1 aromatic carbocycles. The average Bonchev–Trinajstić information content (AvgIpc) is 3.08. The van der Waals surface area contributed by atoms with E-state index in [-0.39, 0.29) is 48.4 Å². The van der Waals surface area contributed by atoms with Crippen molar-refractivity contribution >= 4 is 59.6 Å². The molecule has 1 aliphatic carbocycles. The lowest BCUT2D eigenvalue weighted by Crippen LogP contribution is -2.29. The molecular weight excluding hydrogens is 432 g/mol.